The van der Waals surface area contributed by atoms with Gasteiger partial charge in [0.15, 0.2) is 0 Å². The normalized spacial score (nSPS) is 10.5. The van der Waals surface area contributed by atoms with Crippen LogP contribution in [0.2, 0.25) is 0 Å². The third kappa shape index (κ3) is 3.51. The molecule has 0 fully saturated rings. The quantitative estimate of drug-likeness (QED) is 0.917. The van der Waals surface area contributed by atoms with Gasteiger partial charge in [-0.3, -0.25) is 0 Å². The Kier molecular flexibility index (Phi) is 4.12. The summed E-state index contributed by atoms with van der Waals surface area (Å²) in [5.74, 6) is -0.496. The number of hydrogen-bond donors (Lipinski definition) is 1. The van der Waals surface area contributed by atoms with Gasteiger partial charge in [-0.15, -0.1) is 0 Å². The minimum atomic E-state index is -0.475. The predicted molar refractivity (Wildman–Crippen MR) is 67.8 cm³/mol. The Hall–Kier alpha value is -1.94. The van der Waals surface area contributed by atoms with Gasteiger partial charge in [0.05, 0.1) is 6.61 Å². The minimum Gasteiger partial charge on any atom is -0.489 e. The van der Waals surface area contributed by atoms with Gasteiger partial charge in [-0.25, -0.2) is 8.78 Å². The molecule has 0 aliphatic rings. The van der Waals surface area contributed by atoms with E-state index in [0.29, 0.717) is 16.9 Å². The molecule has 0 atom stereocenters. The van der Waals surface area contributed by atoms with Crippen LogP contribution in [0.15, 0.2) is 36.4 Å². The van der Waals surface area contributed by atoms with Gasteiger partial charge >= 0.3 is 0 Å². The summed E-state index contributed by atoms with van der Waals surface area (Å²) >= 11 is 0. The third-order valence-electron chi connectivity index (χ3n) is 2.82. The highest BCUT2D eigenvalue weighted by atomic mass is 19.1. The number of rotatable bonds is 4. The highest BCUT2D eigenvalue weighted by Gasteiger charge is 2.04. The van der Waals surface area contributed by atoms with E-state index in [-0.39, 0.29) is 19.0 Å². The van der Waals surface area contributed by atoms with Crippen LogP contribution in [-0.4, -0.2) is 5.11 Å². The van der Waals surface area contributed by atoms with E-state index in [1.807, 2.05) is 6.92 Å². The molecule has 2 nitrogen and oxygen atoms in total. The Labute approximate surface area is 110 Å². The molecule has 0 saturated heterocycles. The minimum absolute atomic E-state index is 0.151. The van der Waals surface area contributed by atoms with E-state index >= 15 is 0 Å². The summed E-state index contributed by atoms with van der Waals surface area (Å²) in [5, 5.41) is 8.98. The number of aryl methyl sites for hydroxylation is 1. The monoisotopic (exact) mass is 264 g/mol. The Bertz CT molecular complexity index is 582. The maximum atomic E-state index is 13.2. The van der Waals surface area contributed by atoms with Gasteiger partial charge in [0.1, 0.15) is 24.0 Å². The lowest BCUT2D eigenvalue weighted by Gasteiger charge is -2.10. The van der Waals surface area contributed by atoms with Gasteiger partial charge in [0, 0.05) is 6.07 Å². The van der Waals surface area contributed by atoms with Gasteiger partial charge < -0.3 is 9.84 Å². The molecule has 0 bridgehead atoms. The molecule has 0 saturated carbocycles. The number of aliphatic hydroxyl groups is 1. The Morgan fingerprint density at radius 1 is 1.05 bits per heavy atom. The number of hydrogen-bond acceptors (Lipinski definition) is 2. The summed E-state index contributed by atoms with van der Waals surface area (Å²) in [6.07, 6.45) is 0. The standard InChI is InChI=1S/C15H14F2O2/c1-10-2-3-13(16)6-12(10)9-19-15-5-11(8-18)4-14(17)7-15/h2-7,18H,8-9H2,1H3. The van der Waals surface area contributed by atoms with Crippen molar-refractivity contribution >= 4 is 0 Å². The maximum absolute atomic E-state index is 13.2. The Morgan fingerprint density at radius 2 is 1.84 bits per heavy atom. The fourth-order valence-corrected chi connectivity index (χ4v) is 1.75. The molecule has 0 heterocycles. The van der Waals surface area contributed by atoms with Crippen molar-refractivity contribution in [1.82, 2.24) is 0 Å². The lowest BCUT2D eigenvalue weighted by atomic mass is 10.1. The molecule has 100 valence electrons. The van der Waals surface area contributed by atoms with Crippen LogP contribution in [0.5, 0.6) is 5.75 Å². The molecule has 2 aromatic rings. The molecule has 0 aliphatic heterocycles. The second-order valence-electron chi connectivity index (χ2n) is 4.31. The lowest BCUT2D eigenvalue weighted by molar-refractivity contribution is 0.276. The average Bonchev–Trinajstić information content (AvgIpc) is 2.39. The molecule has 4 heteroatoms. The third-order valence-corrected chi connectivity index (χ3v) is 2.82. The number of ether oxygens (including phenoxy) is 1. The molecule has 0 aliphatic carbocycles. The van der Waals surface area contributed by atoms with Crippen molar-refractivity contribution in [3.8, 4) is 5.75 Å². The SMILES string of the molecule is Cc1ccc(F)cc1COc1cc(F)cc(CO)c1. The summed E-state index contributed by atoms with van der Waals surface area (Å²) in [6, 6.07) is 8.46. The summed E-state index contributed by atoms with van der Waals surface area (Å²) in [7, 11) is 0. The van der Waals surface area contributed by atoms with Crippen LogP contribution in [-0.2, 0) is 13.2 Å². The molecule has 2 aromatic carbocycles. The zero-order valence-electron chi connectivity index (χ0n) is 10.5. The molecule has 1 N–H and O–H groups in total. The first kappa shape index (κ1) is 13.5. The molecular weight excluding hydrogens is 250 g/mol. The molecule has 0 radical (unpaired) electrons. The smallest absolute Gasteiger partial charge is 0.127 e. The van der Waals surface area contributed by atoms with Crippen molar-refractivity contribution in [2.45, 2.75) is 20.1 Å². The fraction of sp³-hybridized carbons (Fsp3) is 0.200. The van der Waals surface area contributed by atoms with Crippen molar-refractivity contribution in [2.24, 2.45) is 0 Å². The first-order chi connectivity index (χ1) is 9.08. The molecule has 2 rings (SSSR count). The van der Waals surface area contributed by atoms with Crippen molar-refractivity contribution in [2.75, 3.05) is 0 Å². The summed E-state index contributed by atoms with van der Waals surface area (Å²) in [6.45, 7) is 1.74. The summed E-state index contributed by atoms with van der Waals surface area (Å²) in [5.41, 5.74) is 2.04. The van der Waals surface area contributed by atoms with Crippen LogP contribution in [0.3, 0.4) is 0 Å². The van der Waals surface area contributed by atoms with E-state index in [1.165, 1.54) is 24.3 Å². The zero-order chi connectivity index (χ0) is 13.8. The molecule has 0 spiro atoms. The largest absolute Gasteiger partial charge is 0.489 e. The van der Waals surface area contributed by atoms with Gasteiger partial charge in [0.25, 0.3) is 0 Å². The molecule has 0 unspecified atom stereocenters. The van der Waals surface area contributed by atoms with Gasteiger partial charge in [0.2, 0.25) is 0 Å². The molecule has 0 amide bonds. The maximum Gasteiger partial charge on any atom is 0.127 e. The van der Waals surface area contributed by atoms with E-state index in [9.17, 15) is 8.78 Å². The van der Waals surface area contributed by atoms with E-state index in [0.717, 1.165) is 5.56 Å². The molecule has 19 heavy (non-hydrogen) atoms. The number of benzene rings is 2. The van der Waals surface area contributed by atoms with Crippen LogP contribution in [0.4, 0.5) is 8.78 Å². The van der Waals surface area contributed by atoms with E-state index < -0.39 is 5.82 Å². The summed E-state index contributed by atoms with van der Waals surface area (Å²) in [4.78, 5) is 0. The number of halogens is 2. The van der Waals surface area contributed by atoms with Crippen molar-refractivity contribution in [1.29, 1.82) is 0 Å². The van der Waals surface area contributed by atoms with E-state index in [2.05, 4.69) is 0 Å². The highest BCUT2D eigenvalue weighted by molar-refractivity contribution is 5.31. The lowest BCUT2D eigenvalue weighted by Crippen LogP contribution is -2.00. The second kappa shape index (κ2) is 5.80. The first-order valence-electron chi connectivity index (χ1n) is 5.86. The number of aliphatic hydroxyl groups excluding tert-OH is 1. The van der Waals surface area contributed by atoms with Crippen molar-refractivity contribution in [3.05, 3.63) is 64.7 Å². The van der Waals surface area contributed by atoms with Crippen molar-refractivity contribution in [3.63, 3.8) is 0 Å². The molecular formula is C15H14F2O2. The zero-order valence-corrected chi connectivity index (χ0v) is 10.5. The predicted octanol–water partition coefficient (Wildman–Crippen LogP) is 3.34. The average molecular weight is 264 g/mol. The first-order valence-corrected chi connectivity index (χ1v) is 5.86. The van der Waals surface area contributed by atoms with Gasteiger partial charge in [-0.2, -0.15) is 0 Å². The van der Waals surface area contributed by atoms with Crippen LogP contribution >= 0.6 is 0 Å². The fourth-order valence-electron chi connectivity index (χ4n) is 1.75. The van der Waals surface area contributed by atoms with Crippen molar-refractivity contribution < 1.29 is 18.6 Å². The van der Waals surface area contributed by atoms with E-state index in [4.69, 9.17) is 9.84 Å². The highest BCUT2D eigenvalue weighted by Crippen LogP contribution is 2.19. The van der Waals surface area contributed by atoms with Gasteiger partial charge in [-0.1, -0.05) is 6.07 Å². The van der Waals surface area contributed by atoms with Crippen LogP contribution in [0.1, 0.15) is 16.7 Å². The summed E-state index contributed by atoms with van der Waals surface area (Å²) < 4.78 is 31.8. The van der Waals surface area contributed by atoms with Gasteiger partial charge in [-0.05, 0) is 47.9 Å². The second-order valence-corrected chi connectivity index (χ2v) is 4.31. The topological polar surface area (TPSA) is 29.5 Å². The van der Waals surface area contributed by atoms with E-state index in [1.54, 1.807) is 12.1 Å². The van der Waals surface area contributed by atoms with Crippen LogP contribution < -0.4 is 4.74 Å². The van der Waals surface area contributed by atoms with Crippen LogP contribution in [0, 0.1) is 18.6 Å². The Morgan fingerprint density at radius 3 is 2.58 bits per heavy atom. The molecule has 0 aromatic heterocycles. The Balaban J connectivity index is 2.14. The van der Waals surface area contributed by atoms with Crippen LogP contribution in [0.25, 0.3) is 0 Å².